The zero-order chi connectivity index (χ0) is 25.1. The number of hydrogen-bond acceptors (Lipinski definition) is 7. The Kier molecular flexibility index (Phi) is 8.77. The maximum absolute atomic E-state index is 6.64. The van der Waals surface area contributed by atoms with Gasteiger partial charge in [-0.05, 0) is 0 Å². The molecule has 2 fully saturated rings. The quantitative estimate of drug-likeness (QED) is 0.313. The molecule has 2 aromatic heterocycles. The van der Waals surface area contributed by atoms with Gasteiger partial charge in [0.25, 0.3) is 0 Å². The van der Waals surface area contributed by atoms with Crippen LogP contribution in [0.3, 0.4) is 0 Å². The van der Waals surface area contributed by atoms with Gasteiger partial charge in [-0.15, -0.1) is 0 Å². The Morgan fingerprint density at radius 1 is 0.971 bits per heavy atom. The standard InChI is InChI=1S/C14H16N5O3.3C4H9.Sn/c1-4-7-9-10(22-14(2,3)21-9)13(20-7)19-6-18-8-11(15)16-5-17-12(8)19;3*1-3-4-2;/h1,4-7,9-10,13H,2-3H3,(H2,15,16,17);3*1,3-4H2,2H3;/t7-,9-,10-,13-;;;;/m1..../s1. The van der Waals surface area contributed by atoms with Gasteiger partial charge < -0.3 is 0 Å². The van der Waals surface area contributed by atoms with Crippen molar-refractivity contribution in [2.75, 3.05) is 5.73 Å². The summed E-state index contributed by atoms with van der Waals surface area (Å²) in [5, 5.41) is 0. The Bertz CT molecular complexity index is 988. The molecule has 0 amide bonds. The number of unbranched alkanes of at least 4 members (excludes halogenated alkanes) is 3. The third-order valence-electron chi connectivity index (χ3n) is 7.45. The van der Waals surface area contributed by atoms with E-state index in [0.29, 0.717) is 17.0 Å². The van der Waals surface area contributed by atoms with Crippen molar-refractivity contribution in [1.29, 1.82) is 0 Å². The number of nitrogens with zero attached hydrogens (tertiary/aromatic N) is 4. The van der Waals surface area contributed by atoms with Crippen LogP contribution in [0.15, 0.2) is 22.8 Å². The van der Waals surface area contributed by atoms with Crippen LogP contribution < -0.4 is 5.73 Å². The fourth-order valence-electron chi connectivity index (χ4n) is 5.55. The fraction of sp³-hybridized carbons (Fsp3) is 0.731. The molecule has 0 unspecified atom stereocenters. The van der Waals surface area contributed by atoms with Gasteiger partial charge in [0, 0.05) is 0 Å². The number of ether oxygens (including phenoxy) is 3. The number of rotatable bonds is 12. The van der Waals surface area contributed by atoms with E-state index in [9.17, 15) is 0 Å². The molecule has 4 heterocycles. The molecule has 0 saturated carbocycles. The predicted molar refractivity (Wildman–Crippen MR) is 142 cm³/mol. The van der Waals surface area contributed by atoms with Gasteiger partial charge in [-0.3, -0.25) is 0 Å². The van der Waals surface area contributed by atoms with E-state index in [1.165, 1.54) is 58.2 Å². The first kappa shape index (κ1) is 26.8. The third kappa shape index (κ3) is 5.86. The zero-order valence-electron chi connectivity index (χ0n) is 22.1. The van der Waals surface area contributed by atoms with E-state index in [1.807, 2.05) is 18.4 Å². The first-order valence-electron chi connectivity index (χ1n) is 13.5. The van der Waals surface area contributed by atoms with Crippen LogP contribution in [0.4, 0.5) is 5.82 Å². The summed E-state index contributed by atoms with van der Waals surface area (Å²) in [6, 6.07) is 0. The van der Waals surface area contributed by atoms with Crippen molar-refractivity contribution in [3.8, 4) is 0 Å². The monoisotopic (exact) mass is 593 g/mol. The van der Waals surface area contributed by atoms with Crippen LogP contribution in [0.1, 0.15) is 79.4 Å². The molecule has 2 saturated heterocycles. The van der Waals surface area contributed by atoms with Gasteiger partial charge in [0.05, 0.1) is 0 Å². The van der Waals surface area contributed by atoms with Crippen LogP contribution in [0, 0.1) is 0 Å². The molecule has 0 aliphatic carbocycles. The molecule has 0 aromatic carbocycles. The fourth-order valence-corrected chi connectivity index (χ4v) is 19.9. The van der Waals surface area contributed by atoms with E-state index in [1.54, 1.807) is 6.33 Å². The van der Waals surface area contributed by atoms with Crippen molar-refractivity contribution >= 4 is 35.4 Å². The van der Waals surface area contributed by atoms with Crippen LogP contribution in [0.5, 0.6) is 0 Å². The van der Waals surface area contributed by atoms with Crippen molar-refractivity contribution in [2.45, 2.75) is 117 Å². The number of nitrogen functional groups attached to an aromatic ring is 1. The molecule has 2 aliphatic heterocycles. The minimum absolute atomic E-state index is 0.163. The van der Waals surface area contributed by atoms with Crippen molar-refractivity contribution in [3.63, 3.8) is 0 Å². The van der Waals surface area contributed by atoms with Crippen molar-refractivity contribution in [3.05, 3.63) is 22.8 Å². The molecular formula is C26H43N5O3Sn. The molecule has 194 valence electrons. The van der Waals surface area contributed by atoms with E-state index in [-0.39, 0.29) is 24.5 Å². The van der Waals surface area contributed by atoms with Gasteiger partial charge in [-0.25, -0.2) is 0 Å². The third-order valence-corrected chi connectivity index (χ3v) is 21.6. The molecule has 9 heteroatoms. The molecule has 2 aromatic rings. The summed E-state index contributed by atoms with van der Waals surface area (Å²) in [4.78, 5) is 13.0. The summed E-state index contributed by atoms with van der Waals surface area (Å²) in [6.07, 6.45) is 12.4. The van der Waals surface area contributed by atoms with E-state index in [2.05, 4.69) is 45.9 Å². The van der Waals surface area contributed by atoms with Gasteiger partial charge >= 0.3 is 214 Å². The van der Waals surface area contributed by atoms with Gasteiger partial charge in [-0.2, -0.15) is 0 Å². The van der Waals surface area contributed by atoms with E-state index in [4.69, 9.17) is 19.9 Å². The first-order valence-corrected chi connectivity index (χ1v) is 21.2. The molecule has 2 N–H and O–H groups in total. The molecule has 2 aliphatic rings. The Morgan fingerprint density at radius 3 is 2.23 bits per heavy atom. The molecule has 0 radical (unpaired) electrons. The second-order valence-electron chi connectivity index (χ2n) is 10.7. The molecule has 0 bridgehead atoms. The first-order chi connectivity index (χ1) is 16.8. The average Bonchev–Trinajstić information content (AvgIpc) is 3.49. The van der Waals surface area contributed by atoms with E-state index >= 15 is 0 Å². The average molecular weight is 592 g/mol. The van der Waals surface area contributed by atoms with Crippen LogP contribution in [0.25, 0.3) is 11.2 Å². The SMILES string of the molecule is CCC[CH2][Sn](/[CH]=C\[C@H]1O[C@@H](n2cnc3c(N)ncnc32)[C@@H]2OC(C)(C)O[C@@H]21)([CH2]CCC)[CH2]CCC. The van der Waals surface area contributed by atoms with Gasteiger partial charge in [0.15, 0.2) is 0 Å². The van der Waals surface area contributed by atoms with Gasteiger partial charge in [0.2, 0.25) is 0 Å². The van der Waals surface area contributed by atoms with Crippen LogP contribution in [-0.4, -0.2) is 62.0 Å². The number of hydrogen-bond donors (Lipinski definition) is 1. The van der Waals surface area contributed by atoms with Crippen molar-refractivity contribution < 1.29 is 14.2 Å². The molecule has 4 atom stereocenters. The number of nitrogens with two attached hydrogens (primary N) is 1. The predicted octanol–water partition coefficient (Wildman–Crippen LogP) is 5.77. The Morgan fingerprint density at radius 2 is 1.60 bits per heavy atom. The van der Waals surface area contributed by atoms with Crippen LogP contribution >= 0.6 is 0 Å². The van der Waals surface area contributed by atoms with Crippen molar-refractivity contribution in [2.24, 2.45) is 0 Å². The maximum atomic E-state index is 6.64. The van der Waals surface area contributed by atoms with Gasteiger partial charge in [-0.1, -0.05) is 0 Å². The number of aromatic nitrogens is 4. The Hall–Kier alpha value is -1.23. The van der Waals surface area contributed by atoms with Crippen LogP contribution in [0.2, 0.25) is 13.3 Å². The number of fused-ring (bicyclic) bond motifs is 2. The number of anilines is 1. The summed E-state index contributed by atoms with van der Waals surface area (Å²) in [5.41, 5.74) is 7.27. The summed E-state index contributed by atoms with van der Waals surface area (Å²) >= 11 is -2.46. The Labute approximate surface area is 213 Å². The number of imidazole rings is 1. The molecular weight excluding hydrogens is 549 g/mol. The second kappa shape index (κ2) is 11.4. The summed E-state index contributed by atoms with van der Waals surface area (Å²) in [7, 11) is 0. The Balaban J connectivity index is 1.64. The van der Waals surface area contributed by atoms with Crippen molar-refractivity contribution in [1.82, 2.24) is 19.5 Å². The topological polar surface area (TPSA) is 97.3 Å². The summed E-state index contributed by atoms with van der Waals surface area (Å²) < 4.78 is 28.3. The molecule has 8 nitrogen and oxygen atoms in total. The van der Waals surface area contributed by atoms with Gasteiger partial charge in [0.1, 0.15) is 0 Å². The zero-order valence-corrected chi connectivity index (χ0v) is 24.9. The molecule has 0 spiro atoms. The summed E-state index contributed by atoms with van der Waals surface area (Å²) in [5.74, 6) is -0.300. The van der Waals surface area contributed by atoms with E-state index < -0.39 is 24.2 Å². The summed E-state index contributed by atoms with van der Waals surface area (Å²) in [6.45, 7) is 10.9. The second-order valence-corrected chi connectivity index (χ2v) is 23.7. The molecule has 4 rings (SSSR count). The molecule has 35 heavy (non-hydrogen) atoms. The minimum atomic E-state index is -2.46. The normalized spacial score (nSPS) is 26.2. The van der Waals surface area contributed by atoms with Crippen LogP contribution in [-0.2, 0) is 14.2 Å². The van der Waals surface area contributed by atoms with E-state index in [0.717, 1.165) is 0 Å².